The Balaban J connectivity index is 2.00. The third-order valence-corrected chi connectivity index (χ3v) is 5.92. The number of amidine groups is 1. The van der Waals surface area contributed by atoms with E-state index in [9.17, 15) is 9.59 Å². The number of hydrogen-bond donors (Lipinski definition) is 1. The molecule has 1 aromatic rings. The van der Waals surface area contributed by atoms with Crippen LogP contribution >= 0.6 is 11.8 Å². The lowest BCUT2D eigenvalue weighted by atomic mass is 9.91. The molecule has 2 aliphatic rings. The van der Waals surface area contributed by atoms with Gasteiger partial charge in [-0.2, -0.15) is 0 Å². The van der Waals surface area contributed by atoms with E-state index >= 15 is 0 Å². The summed E-state index contributed by atoms with van der Waals surface area (Å²) in [7, 11) is 0. The number of thioether (sulfide) groups is 1. The van der Waals surface area contributed by atoms with Crippen molar-refractivity contribution in [2.45, 2.75) is 47.1 Å². The lowest BCUT2D eigenvalue weighted by molar-refractivity contribution is -0.139. The van der Waals surface area contributed by atoms with Crippen LogP contribution in [0.3, 0.4) is 0 Å². The van der Waals surface area contributed by atoms with Crippen molar-refractivity contribution >= 4 is 28.8 Å². The average molecular weight is 428 g/mol. The van der Waals surface area contributed by atoms with Crippen molar-refractivity contribution in [3.05, 3.63) is 57.8 Å². The van der Waals surface area contributed by atoms with Crippen LogP contribution in [0.4, 0.5) is 0 Å². The van der Waals surface area contributed by atoms with Gasteiger partial charge in [0.2, 0.25) is 5.91 Å². The molecular formula is C23H29N3O3S. The van der Waals surface area contributed by atoms with Crippen LogP contribution in [-0.4, -0.2) is 35.1 Å². The van der Waals surface area contributed by atoms with Gasteiger partial charge in [-0.25, -0.2) is 9.79 Å². The molecular weight excluding hydrogens is 398 g/mol. The summed E-state index contributed by atoms with van der Waals surface area (Å²) < 4.78 is 5.37. The van der Waals surface area contributed by atoms with Crippen molar-refractivity contribution in [3.8, 4) is 0 Å². The topological polar surface area (TPSA) is 71.0 Å². The predicted molar refractivity (Wildman–Crippen MR) is 121 cm³/mol. The highest BCUT2D eigenvalue weighted by molar-refractivity contribution is 8.16. The molecule has 2 heterocycles. The molecule has 1 N–H and O–H groups in total. The number of allylic oxidation sites excluding steroid dienone is 1. The first-order valence-electron chi connectivity index (χ1n) is 10.3. The molecule has 2 aliphatic heterocycles. The van der Waals surface area contributed by atoms with Crippen LogP contribution in [0.15, 0.2) is 51.6 Å². The van der Waals surface area contributed by atoms with Crippen LogP contribution < -0.4 is 5.32 Å². The molecule has 0 spiro atoms. The molecule has 0 saturated heterocycles. The van der Waals surface area contributed by atoms with Crippen molar-refractivity contribution in [2.75, 3.05) is 13.2 Å². The molecule has 0 fully saturated rings. The minimum Gasteiger partial charge on any atom is -0.463 e. The number of ether oxygens (including phenoxy) is 1. The number of carbonyl (C=O) groups excluding carboxylic acids is 2. The van der Waals surface area contributed by atoms with Crippen LogP contribution in [0.1, 0.15) is 51.3 Å². The zero-order valence-corrected chi connectivity index (χ0v) is 19.0. The summed E-state index contributed by atoms with van der Waals surface area (Å²) in [4.78, 5) is 32.1. The molecule has 1 atom stereocenters. The van der Waals surface area contributed by atoms with Gasteiger partial charge in [0, 0.05) is 12.2 Å². The molecule has 3 rings (SSSR count). The Labute approximate surface area is 182 Å². The van der Waals surface area contributed by atoms with Crippen LogP contribution in [0.5, 0.6) is 0 Å². The maximum Gasteiger partial charge on any atom is 0.338 e. The number of aryl methyl sites for hydroxylation is 1. The Hall–Kier alpha value is -2.54. The van der Waals surface area contributed by atoms with E-state index < -0.39 is 0 Å². The van der Waals surface area contributed by atoms with Gasteiger partial charge in [-0.05, 0) is 43.2 Å². The number of hydrogen-bond acceptors (Lipinski definition) is 6. The van der Waals surface area contributed by atoms with E-state index in [-0.39, 0.29) is 24.3 Å². The van der Waals surface area contributed by atoms with E-state index in [0.29, 0.717) is 30.3 Å². The van der Waals surface area contributed by atoms with Crippen molar-refractivity contribution in [2.24, 2.45) is 10.9 Å². The zero-order chi connectivity index (χ0) is 21.8. The van der Waals surface area contributed by atoms with Gasteiger partial charge in [0.15, 0.2) is 5.17 Å². The van der Waals surface area contributed by atoms with E-state index in [1.165, 1.54) is 11.8 Å². The number of rotatable bonds is 7. The minimum absolute atomic E-state index is 0.0377. The van der Waals surface area contributed by atoms with Crippen LogP contribution in [0.2, 0.25) is 0 Å². The molecule has 6 nitrogen and oxygen atoms in total. The van der Waals surface area contributed by atoms with E-state index in [1.54, 1.807) is 6.92 Å². The third kappa shape index (κ3) is 4.61. The number of nitrogens with zero attached hydrogens (tertiary/aromatic N) is 2. The number of fused-ring (bicyclic) bond motifs is 1. The van der Waals surface area contributed by atoms with Gasteiger partial charge < -0.3 is 15.0 Å². The SMILES string of the molecule is CCOC(=O)C1=C(C)N=C2SC=C(CC(=O)NCC(C)C)N2C1c1ccccc1C. The summed E-state index contributed by atoms with van der Waals surface area (Å²) in [6.07, 6.45) is 0.232. The number of nitrogens with one attached hydrogen (secondary N) is 1. The molecule has 30 heavy (non-hydrogen) atoms. The average Bonchev–Trinajstić information content (AvgIpc) is 3.08. The molecule has 0 aromatic heterocycles. The number of aliphatic imine (C=N–C) groups is 1. The molecule has 1 aromatic carbocycles. The predicted octanol–water partition coefficient (Wildman–Crippen LogP) is 4.30. The highest BCUT2D eigenvalue weighted by atomic mass is 32.2. The first-order chi connectivity index (χ1) is 14.3. The molecule has 1 unspecified atom stereocenters. The summed E-state index contributed by atoms with van der Waals surface area (Å²) in [5.74, 6) is -0.0236. The van der Waals surface area contributed by atoms with Crippen molar-refractivity contribution in [3.63, 3.8) is 0 Å². The smallest absolute Gasteiger partial charge is 0.338 e. The lowest BCUT2D eigenvalue weighted by Crippen LogP contribution is -2.38. The zero-order valence-electron chi connectivity index (χ0n) is 18.2. The molecule has 1 amide bonds. The van der Waals surface area contributed by atoms with Gasteiger partial charge in [-0.15, -0.1) is 0 Å². The molecule has 0 radical (unpaired) electrons. The lowest BCUT2D eigenvalue weighted by Gasteiger charge is -2.37. The summed E-state index contributed by atoms with van der Waals surface area (Å²) in [5.41, 5.74) is 4.08. The second-order valence-electron chi connectivity index (χ2n) is 7.84. The normalized spacial score (nSPS) is 18.2. The first-order valence-corrected chi connectivity index (χ1v) is 11.1. The van der Waals surface area contributed by atoms with Gasteiger partial charge in [0.25, 0.3) is 0 Å². The van der Waals surface area contributed by atoms with Gasteiger partial charge in [0.1, 0.15) is 0 Å². The summed E-state index contributed by atoms with van der Waals surface area (Å²) >= 11 is 1.48. The largest absolute Gasteiger partial charge is 0.463 e. The van der Waals surface area contributed by atoms with Crippen molar-refractivity contribution < 1.29 is 14.3 Å². The van der Waals surface area contributed by atoms with Crippen molar-refractivity contribution in [1.82, 2.24) is 10.2 Å². The molecule has 7 heteroatoms. The highest BCUT2D eigenvalue weighted by Crippen LogP contribution is 2.45. The Bertz CT molecular complexity index is 933. The van der Waals surface area contributed by atoms with E-state index in [4.69, 9.17) is 4.74 Å². The summed E-state index contributed by atoms with van der Waals surface area (Å²) in [6, 6.07) is 7.62. The minimum atomic E-state index is -0.378. The van der Waals surface area contributed by atoms with E-state index in [2.05, 4.69) is 24.2 Å². The number of esters is 1. The molecule has 0 bridgehead atoms. The third-order valence-electron chi connectivity index (χ3n) is 5.03. The van der Waals surface area contributed by atoms with Crippen LogP contribution in [-0.2, 0) is 14.3 Å². The highest BCUT2D eigenvalue weighted by Gasteiger charge is 2.41. The monoisotopic (exact) mass is 427 g/mol. The number of carbonyl (C=O) groups is 2. The molecule has 0 saturated carbocycles. The fourth-order valence-electron chi connectivity index (χ4n) is 3.57. The maximum atomic E-state index is 12.9. The second-order valence-corrected chi connectivity index (χ2v) is 8.68. The Morgan fingerprint density at radius 1 is 1.27 bits per heavy atom. The second kappa shape index (κ2) is 9.51. The first kappa shape index (κ1) is 22.2. The van der Waals surface area contributed by atoms with Gasteiger partial charge in [-0.1, -0.05) is 49.9 Å². The Kier molecular flexibility index (Phi) is 7.02. The van der Waals surface area contributed by atoms with Crippen LogP contribution in [0, 0.1) is 12.8 Å². The van der Waals surface area contributed by atoms with E-state index in [1.807, 2.05) is 48.4 Å². The van der Waals surface area contributed by atoms with E-state index in [0.717, 1.165) is 22.0 Å². The molecule has 160 valence electrons. The Morgan fingerprint density at radius 3 is 2.67 bits per heavy atom. The number of benzene rings is 1. The standard InChI is InChI=1S/C23H29N3O3S/c1-6-29-22(28)20-16(5)25-23-26(21(20)18-10-8-7-9-15(18)4)17(13-30-23)11-19(27)24-12-14(2)3/h7-10,13-14,21H,6,11-12H2,1-5H3,(H,24,27). The fourth-order valence-corrected chi connectivity index (χ4v) is 4.54. The van der Waals surface area contributed by atoms with Gasteiger partial charge in [-0.3, -0.25) is 4.79 Å². The van der Waals surface area contributed by atoms with Crippen LogP contribution in [0.25, 0.3) is 0 Å². The fraction of sp³-hybridized carbons (Fsp3) is 0.435. The molecule has 0 aliphatic carbocycles. The quantitative estimate of drug-likeness (QED) is 0.657. The van der Waals surface area contributed by atoms with Crippen molar-refractivity contribution in [1.29, 1.82) is 0 Å². The Morgan fingerprint density at radius 2 is 2.00 bits per heavy atom. The summed E-state index contributed by atoms with van der Waals surface area (Å²) in [6.45, 7) is 10.7. The van der Waals surface area contributed by atoms with Gasteiger partial charge in [0.05, 0.1) is 30.3 Å². The maximum absolute atomic E-state index is 12.9. The number of amides is 1. The summed E-state index contributed by atoms with van der Waals surface area (Å²) in [5, 5.41) is 5.71. The van der Waals surface area contributed by atoms with Gasteiger partial charge >= 0.3 is 5.97 Å².